The Morgan fingerprint density at radius 1 is 0.760 bits per heavy atom. The first-order chi connectivity index (χ1) is 12.2. The number of hydrazone groups is 1. The monoisotopic (exact) mass is 366 g/mol. The van der Waals surface area contributed by atoms with E-state index in [1.165, 1.54) is 0 Å². The van der Waals surface area contributed by atoms with Gasteiger partial charge in [-0.15, -0.1) is 0 Å². The summed E-state index contributed by atoms with van der Waals surface area (Å²) < 4.78 is 0. The second-order valence-electron chi connectivity index (χ2n) is 5.95. The summed E-state index contributed by atoms with van der Waals surface area (Å²) in [5.41, 5.74) is 4.10. The summed E-state index contributed by atoms with van der Waals surface area (Å²) in [6.45, 7) is 0. The first kappa shape index (κ1) is 16.2. The fraction of sp³-hybridized carbons (Fsp3) is 0.0952. The Balaban J connectivity index is 1.81. The summed E-state index contributed by atoms with van der Waals surface area (Å²) in [6.07, 6.45) is 0.752. The zero-order valence-electron chi connectivity index (χ0n) is 13.4. The van der Waals surface area contributed by atoms with Crippen molar-refractivity contribution in [1.29, 1.82) is 0 Å². The Bertz CT molecular complexity index is 887. The van der Waals surface area contributed by atoms with Crippen LogP contribution in [-0.2, 0) is 0 Å². The maximum absolute atomic E-state index is 6.49. The molecule has 1 heterocycles. The SMILES string of the molecule is Clc1cccc(Cl)c1C1CC(c2ccccc2)=NN1c1ccccc1. The van der Waals surface area contributed by atoms with Crippen LogP contribution in [0.2, 0.25) is 10.0 Å². The molecule has 25 heavy (non-hydrogen) atoms. The number of rotatable bonds is 3. The van der Waals surface area contributed by atoms with Gasteiger partial charge in [-0.25, -0.2) is 0 Å². The largest absolute Gasteiger partial charge is 0.257 e. The van der Waals surface area contributed by atoms with Gasteiger partial charge in [0.25, 0.3) is 0 Å². The van der Waals surface area contributed by atoms with E-state index in [0.717, 1.165) is 28.9 Å². The Labute approximate surface area is 157 Å². The summed E-state index contributed by atoms with van der Waals surface area (Å²) in [5, 5.41) is 8.26. The Morgan fingerprint density at radius 3 is 2.00 bits per heavy atom. The van der Waals surface area contributed by atoms with Crippen molar-refractivity contribution in [2.75, 3.05) is 5.01 Å². The molecule has 0 N–H and O–H groups in total. The van der Waals surface area contributed by atoms with E-state index in [2.05, 4.69) is 24.3 Å². The molecule has 0 spiro atoms. The van der Waals surface area contributed by atoms with Crippen LogP contribution in [0.1, 0.15) is 23.6 Å². The molecule has 0 bridgehead atoms. The van der Waals surface area contributed by atoms with Crippen LogP contribution in [0.25, 0.3) is 0 Å². The number of para-hydroxylation sites is 1. The lowest BCUT2D eigenvalue weighted by molar-refractivity contribution is 0.709. The van der Waals surface area contributed by atoms with E-state index in [-0.39, 0.29) is 6.04 Å². The number of hydrogen-bond acceptors (Lipinski definition) is 2. The highest BCUT2D eigenvalue weighted by Gasteiger charge is 2.32. The van der Waals surface area contributed by atoms with Crippen LogP contribution < -0.4 is 5.01 Å². The standard InChI is InChI=1S/C21H16Cl2N2/c22-17-12-7-13-18(23)21(17)20-14-19(15-8-3-1-4-9-15)24-25(20)16-10-5-2-6-11-16/h1-13,20H,14H2. The minimum atomic E-state index is -0.0289. The van der Waals surface area contributed by atoms with Crippen LogP contribution in [0.15, 0.2) is 84.0 Å². The lowest BCUT2D eigenvalue weighted by Gasteiger charge is -2.25. The molecule has 4 heteroatoms. The molecule has 124 valence electrons. The smallest absolute Gasteiger partial charge is 0.0860 e. The van der Waals surface area contributed by atoms with Crippen molar-refractivity contribution in [3.63, 3.8) is 0 Å². The third kappa shape index (κ3) is 3.15. The second kappa shape index (κ2) is 6.91. The molecule has 1 aliphatic heterocycles. The van der Waals surface area contributed by atoms with Gasteiger partial charge >= 0.3 is 0 Å². The fourth-order valence-corrected chi connectivity index (χ4v) is 3.84. The molecule has 4 rings (SSSR count). The molecule has 0 fully saturated rings. The molecular formula is C21H16Cl2N2. The Hall–Kier alpha value is -2.29. The summed E-state index contributed by atoms with van der Waals surface area (Å²) in [4.78, 5) is 0. The minimum absolute atomic E-state index is 0.0289. The first-order valence-corrected chi connectivity index (χ1v) is 8.91. The highest BCUT2D eigenvalue weighted by molar-refractivity contribution is 6.36. The maximum Gasteiger partial charge on any atom is 0.0860 e. The van der Waals surface area contributed by atoms with Crippen LogP contribution in [0.4, 0.5) is 5.69 Å². The topological polar surface area (TPSA) is 15.6 Å². The molecule has 1 aliphatic rings. The van der Waals surface area contributed by atoms with Crippen LogP contribution in [0.3, 0.4) is 0 Å². The lowest BCUT2D eigenvalue weighted by Crippen LogP contribution is -2.19. The van der Waals surface area contributed by atoms with Crippen molar-refractivity contribution >= 4 is 34.6 Å². The minimum Gasteiger partial charge on any atom is -0.257 e. The third-order valence-corrected chi connectivity index (χ3v) is 5.03. The summed E-state index contributed by atoms with van der Waals surface area (Å²) in [5.74, 6) is 0. The third-order valence-electron chi connectivity index (χ3n) is 4.37. The predicted octanol–water partition coefficient (Wildman–Crippen LogP) is 6.35. The highest BCUT2D eigenvalue weighted by atomic mass is 35.5. The fourth-order valence-electron chi connectivity index (χ4n) is 3.19. The molecule has 1 unspecified atom stereocenters. The average Bonchev–Trinajstić information content (AvgIpc) is 3.08. The van der Waals surface area contributed by atoms with Crippen LogP contribution >= 0.6 is 23.2 Å². The van der Waals surface area contributed by atoms with E-state index in [9.17, 15) is 0 Å². The van der Waals surface area contributed by atoms with Crippen molar-refractivity contribution in [2.45, 2.75) is 12.5 Å². The lowest BCUT2D eigenvalue weighted by atomic mass is 9.98. The van der Waals surface area contributed by atoms with Crippen molar-refractivity contribution in [2.24, 2.45) is 5.10 Å². The van der Waals surface area contributed by atoms with E-state index in [1.807, 2.05) is 59.6 Å². The molecule has 0 amide bonds. The Kier molecular flexibility index (Phi) is 4.48. The van der Waals surface area contributed by atoms with E-state index in [1.54, 1.807) is 0 Å². The van der Waals surface area contributed by atoms with Crippen molar-refractivity contribution in [3.8, 4) is 0 Å². The van der Waals surface area contributed by atoms with Gasteiger partial charge in [0, 0.05) is 22.0 Å². The highest BCUT2D eigenvalue weighted by Crippen LogP contribution is 2.42. The molecule has 2 nitrogen and oxygen atoms in total. The Morgan fingerprint density at radius 2 is 1.36 bits per heavy atom. The molecule has 3 aromatic rings. The van der Waals surface area contributed by atoms with Gasteiger partial charge in [0.05, 0.1) is 17.4 Å². The predicted molar refractivity (Wildman–Crippen MR) is 106 cm³/mol. The van der Waals surface area contributed by atoms with E-state index in [0.29, 0.717) is 10.0 Å². The van der Waals surface area contributed by atoms with E-state index in [4.69, 9.17) is 28.3 Å². The first-order valence-electron chi connectivity index (χ1n) is 8.15. The van der Waals surface area contributed by atoms with Crippen LogP contribution in [0, 0.1) is 0 Å². The molecule has 3 aromatic carbocycles. The number of hydrogen-bond donors (Lipinski definition) is 0. The normalized spacial score (nSPS) is 16.8. The summed E-state index contributed by atoms with van der Waals surface area (Å²) >= 11 is 13.0. The van der Waals surface area contributed by atoms with Gasteiger partial charge in [0.2, 0.25) is 0 Å². The molecule has 0 aliphatic carbocycles. The van der Waals surface area contributed by atoms with Gasteiger partial charge in [-0.2, -0.15) is 5.10 Å². The van der Waals surface area contributed by atoms with Gasteiger partial charge in [0.1, 0.15) is 0 Å². The molecule has 0 aromatic heterocycles. The van der Waals surface area contributed by atoms with Crippen LogP contribution in [-0.4, -0.2) is 5.71 Å². The number of nitrogens with zero attached hydrogens (tertiary/aromatic N) is 2. The zero-order valence-corrected chi connectivity index (χ0v) is 15.0. The van der Waals surface area contributed by atoms with Gasteiger partial charge < -0.3 is 0 Å². The molecule has 0 saturated carbocycles. The molecule has 0 saturated heterocycles. The number of anilines is 1. The van der Waals surface area contributed by atoms with Crippen LogP contribution in [0.5, 0.6) is 0 Å². The van der Waals surface area contributed by atoms with Gasteiger partial charge in [0.15, 0.2) is 0 Å². The average molecular weight is 367 g/mol. The maximum atomic E-state index is 6.49. The van der Waals surface area contributed by atoms with Crippen molar-refractivity contribution < 1.29 is 0 Å². The number of halogens is 2. The van der Waals surface area contributed by atoms with E-state index < -0.39 is 0 Å². The number of benzene rings is 3. The van der Waals surface area contributed by atoms with E-state index >= 15 is 0 Å². The molecular weight excluding hydrogens is 351 g/mol. The second-order valence-corrected chi connectivity index (χ2v) is 6.76. The zero-order chi connectivity index (χ0) is 17.2. The summed E-state index contributed by atoms with van der Waals surface area (Å²) in [6, 6.07) is 26.0. The quantitative estimate of drug-likeness (QED) is 0.527. The van der Waals surface area contributed by atoms with Gasteiger partial charge in [-0.05, 0) is 29.8 Å². The van der Waals surface area contributed by atoms with Gasteiger partial charge in [-0.1, -0.05) is 77.8 Å². The molecule has 1 atom stereocenters. The van der Waals surface area contributed by atoms with Crippen molar-refractivity contribution in [3.05, 3.63) is 100 Å². The molecule has 0 radical (unpaired) electrons. The van der Waals surface area contributed by atoms with Gasteiger partial charge in [-0.3, -0.25) is 5.01 Å². The van der Waals surface area contributed by atoms with Crippen molar-refractivity contribution in [1.82, 2.24) is 0 Å². The summed E-state index contributed by atoms with van der Waals surface area (Å²) in [7, 11) is 0.